The minimum atomic E-state index is -0.250. The van der Waals surface area contributed by atoms with Gasteiger partial charge in [0.25, 0.3) is 5.91 Å². The summed E-state index contributed by atoms with van der Waals surface area (Å²) in [4.78, 5) is 25.9. The Morgan fingerprint density at radius 2 is 1.48 bits per heavy atom. The Kier molecular flexibility index (Phi) is 4.62. The molecule has 4 aliphatic carbocycles. The summed E-state index contributed by atoms with van der Waals surface area (Å²) in [5, 5.41) is 6.41. The SMILES string of the molecule is O=C(Nc1ccccc1)c1ccc(Cl)c(NC(=O)C23CC4CC(CC(C4)C2)C3)c1. The third-order valence-electron chi connectivity index (χ3n) is 7.03. The first kappa shape index (κ1) is 18.7. The van der Waals surface area contributed by atoms with Crippen molar-refractivity contribution in [3.63, 3.8) is 0 Å². The quantitative estimate of drug-likeness (QED) is 0.676. The van der Waals surface area contributed by atoms with Crippen LogP contribution in [0.3, 0.4) is 0 Å². The molecule has 2 aromatic rings. The minimum Gasteiger partial charge on any atom is -0.324 e. The summed E-state index contributed by atoms with van der Waals surface area (Å²) in [6.45, 7) is 0. The second-order valence-corrected chi connectivity index (χ2v) is 9.57. The second kappa shape index (κ2) is 7.17. The van der Waals surface area contributed by atoms with E-state index in [4.69, 9.17) is 11.6 Å². The Hall–Kier alpha value is -2.33. The standard InChI is InChI=1S/C24H25ClN2O2/c25-20-7-6-18(22(28)26-19-4-2-1-3-5-19)11-21(20)27-23(29)24-12-15-8-16(13-24)10-17(9-15)14-24/h1-7,11,15-17H,8-10,12-14H2,(H,26,28)(H,27,29). The van der Waals surface area contributed by atoms with E-state index in [1.165, 1.54) is 19.3 Å². The van der Waals surface area contributed by atoms with Gasteiger partial charge in [0.05, 0.1) is 16.1 Å². The molecule has 0 radical (unpaired) electrons. The molecule has 0 unspecified atom stereocenters. The van der Waals surface area contributed by atoms with Crippen LogP contribution in [-0.2, 0) is 4.79 Å². The summed E-state index contributed by atoms with van der Waals surface area (Å²) in [6.07, 6.45) is 6.87. The molecule has 0 aromatic heterocycles. The number of carbonyl (C=O) groups excluding carboxylic acids is 2. The third kappa shape index (κ3) is 3.55. The van der Waals surface area contributed by atoms with Crippen molar-refractivity contribution >= 4 is 34.8 Å². The lowest BCUT2D eigenvalue weighted by molar-refractivity contribution is -0.140. The summed E-state index contributed by atoms with van der Waals surface area (Å²) in [5.74, 6) is 1.96. The average Bonchev–Trinajstić information content (AvgIpc) is 2.69. The first-order valence-corrected chi connectivity index (χ1v) is 10.9. The van der Waals surface area contributed by atoms with Crippen LogP contribution in [0, 0.1) is 23.2 Å². The van der Waals surface area contributed by atoms with E-state index in [2.05, 4.69) is 10.6 Å². The van der Waals surface area contributed by atoms with Crippen molar-refractivity contribution in [1.82, 2.24) is 0 Å². The molecule has 0 saturated heterocycles. The summed E-state index contributed by atoms with van der Waals surface area (Å²) in [7, 11) is 0. The Morgan fingerprint density at radius 1 is 0.862 bits per heavy atom. The molecule has 4 bridgehead atoms. The predicted octanol–water partition coefficient (Wildman–Crippen LogP) is 5.75. The topological polar surface area (TPSA) is 58.2 Å². The summed E-state index contributed by atoms with van der Waals surface area (Å²) in [6, 6.07) is 14.4. The van der Waals surface area contributed by atoms with Crippen LogP contribution in [0.2, 0.25) is 5.02 Å². The van der Waals surface area contributed by atoms with Gasteiger partial charge in [0.1, 0.15) is 0 Å². The lowest BCUT2D eigenvalue weighted by Crippen LogP contribution is -2.51. The van der Waals surface area contributed by atoms with Gasteiger partial charge in [0, 0.05) is 11.3 Å². The van der Waals surface area contributed by atoms with E-state index in [9.17, 15) is 9.59 Å². The number of carbonyl (C=O) groups is 2. The number of hydrogen-bond donors (Lipinski definition) is 2. The first-order valence-electron chi connectivity index (χ1n) is 10.5. The highest BCUT2D eigenvalue weighted by molar-refractivity contribution is 6.34. The predicted molar refractivity (Wildman–Crippen MR) is 115 cm³/mol. The number of halogens is 1. The molecule has 6 rings (SSSR count). The minimum absolute atomic E-state index is 0.0825. The Balaban J connectivity index is 1.34. The maximum absolute atomic E-state index is 13.3. The summed E-state index contributed by atoms with van der Waals surface area (Å²) >= 11 is 6.37. The van der Waals surface area contributed by atoms with E-state index in [0.717, 1.165) is 24.9 Å². The molecule has 2 aromatic carbocycles. The fourth-order valence-electron chi connectivity index (χ4n) is 6.13. The molecule has 4 saturated carbocycles. The van der Waals surface area contributed by atoms with Crippen LogP contribution in [0.25, 0.3) is 0 Å². The van der Waals surface area contributed by atoms with Gasteiger partial charge in [-0.1, -0.05) is 29.8 Å². The molecular weight excluding hydrogens is 384 g/mol. The van der Waals surface area contributed by atoms with Gasteiger partial charge in [-0.3, -0.25) is 9.59 Å². The molecule has 0 aliphatic heterocycles. The van der Waals surface area contributed by atoms with E-state index in [1.54, 1.807) is 18.2 Å². The fraction of sp³-hybridized carbons (Fsp3) is 0.417. The molecule has 4 nitrogen and oxygen atoms in total. The zero-order chi connectivity index (χ0) is 20.0. The highest BCUT2D eigenvalue weighted by Gasteiger charge is 2.54. The third-order valence-corrected chi connectivity index (χ3v) is 7.36. The van der Waals surface area contributed by atoms with Gasteiger partial charge in [0.2, 0.25) is 5.91 Å². The Labute approximate surface area is 176 Å². The van der Waals surface area contributed by atoms with Gasteiger partial charge in [-0.15, -0.1) is 0 Å². The van der Waals surface area contributed by atoms with Crippen molar-refractivity contribution in [2.45, 2.75) is 38.5 Å². The molecule has 4 aliphatic rings. The zero-order valence-electron chi connectivity index (χ0n) is 16.3. The largest absolute Gasteiger partial charge is 0.324 e. The van der Waals surface area contributed by atoms with E-state index in [-0.39, 0.29) is 17.2 Å². The normalized spacial score (nSPS) is 29.5. The number of para-hydroxylation sites is 1. The fourth-order valence-corrected chi connectivity index (χ4v) is 6.30. The molecule has 2 amide bonds. The van der Waals surface area contributed by atoms with Crippen LogP contribution in [0.1, 0.15) is 48.9 Å². The molecule has 4 fully saturated rings. The maximum atomic E-state index is 13.3. The molecule has 2 N–H and O–H groups in total. The smallest absolute Gasteiger partial charge is 0.255 e. The molecule has 0 spiro atoms. The number of hydrogen-bond acceptors (Lipinski definition) is 2. The van der Waals surface area contributed by atoms with Crippen molar-refractivity contribution in [2.24, 2.45) is 23.2 Å². The molecule has 0 heterocycles. The van der Waals surface area contributed by atoms with E-state index in [1.807, 2.05) is 30.3 Å². The van der Waals surface area contributed by atoms with Gasteiger partial charge in [-0.05, 0) is 86.6 Å². The number of amides is 2. The number of nitrogens with one attached hydrogen (secondary N) is 2. The van der Waals surface area contributed by atoms with Gasteiger partial charge in [0.15, 0.2) is 0 Å². The lowest BCUT2D eigenvalue weighted by atomic mass is 9.49. The number of benzene rings is 2. The van der Waals surface area contributed by atoms with Crippen molar-refractivity contribution in [3.05, 3.63) is 59.1 Å². The van der Waals surface area contributed by atoms with Crippen molar-refractivity contribution in [3.8, 4) is 0 Å². The van der Waals surface area contributed by atoms with Gasteiger partial charge >= 0.3 is 0 Å². The van der Waals surface area contributed by atoms with Crippen molar-refractivity contribution < 1.29 is 9.59 Å². The molecule has 150 valence electrons. The molecule has 5 heteroatoms. The highest BCUT2D eigenvalue weighted by atomic mass is 35.5. The van der Waals surface area contributed by atoms with Crippen molar-refractivity contribution in [2.75, 3.05) is 10.6 Å². The van der Waals surface area contributed by atoms with Crippen LogP contribution in [0.15, 0.2) is 48.5 Å². The van der Waals surface area contributed by atoms with E-state index >= 15 is 0 Å². The van der Waals surface area contributed by atoms with Crippen molar-refractivity contribution in [1.29, 1.82) is 0 Å². The van der Waals surface area contributed by atoms with Crippen LogP contribution < -0.4 is 10.6 Å². The van der Waals surface area contributed by atoms with Crippen LogP contribution in [0.4, 0.5) is 11.4 Å². The van der Waals surface area contributed by atoms with Crippen LogP contribution in [-0.4, -0.2) is 11.8 Å². The lowest BCUT2D eigenvalue weighted by Gasteiger charge is -2.55. The summed E-state index contributed by atoms with van der Waals surface area (Å²) in [5.41, 5.74) is 1.47. The van der Waals surface area contributed by atoms with Gasteiger partial charge < -0.3 is 10.6 Å². The number of rotatable bonds is 4. The molecular formula is C24H25ClN2O2. The molecule has 0 atom stereocenters. The van der Waals surface area contributed by atoms with Crippen LogP contribution >= 0.6 is 11.6 Å². The second-order valence-electron chi connectivity index (χ2n) is 9.17. The average molecular weight is 409 g/mol. The van der Waals surface area contributed by atoms with E-state index in [0.29, 0.717) is 34.0 Å². The Bertz CT molecular complexity index is 921. The first-order chi connectivity index (χ1) is 14.0. The monoisotopic (exact) mass is 408 g/mol. The Morgan fingerprint density at radius 3 is 2.10 bits per heavy atom. The molecule has 29 heavy (non-hydrogen) atoms. The van der Waals surface area contributed by atoms with E-state index < -0.39 is 0 Å². The zero-order valence-corrected chi connectivity index (χ0v) is 17.0. The van der Waals surface area contributed by atoms with Gasteiger partial charge in [-0.25, -0.2) is 0 Å². The number of anilines is 2. The van der Waals surface area contributed by atoms with Gasteiger partial charge in [-0.2, -0.15) is 0 Å². The summed E-state index contributed by atoms with van der Waals surface area (Å²) < 4.78 is 0. The highest BCUT2D eigenvalue weighted by Crippen LogP contribution is 2.60. The van der Waals surface area contributed by atoms with Crippen LogP contribution in [0.5, 0.6) is 0 Å². The maximum Gasteiger partial charge on any atom is 0.255 e.